The molecule has 0 bridgehead atoms. The van der Waals surface area contributed by atoms with Crippen molar-refractivity contribution in [2.24, 2.45) is 0 Å². The maximum absolute atomic E-state index is 9.37. The van der Waals surface area contributed by atoms with Crippen LogP contribution in [0.1, 0.15) is 26.3 Å². The van der Waals surface area contributed by atoms with Crippen LogP contribution in [0.3, 0.4) is 0 Å². The number of hydrogen-bond donors (Lipinski definition) is 0. The van der Waals surface area contributed by atoms with Crippen molar-refractivity contribution in [1.82, 2.24) is 0 Å². The average molecular weight is 425 g/mol. The zero-order chi connectivity index (χ0) is 14.4. The van der Waals surface area contributed by atoms with Gasteiger partial charge in [0.25, 0.3) is 6.42 Å². The molecule has 6 N–H and O–H groups in total. The zero-order valence-corrected chi connectivity index (χ0v) is 16.6. The molecule has 0 aliphatic rings. The van der Waals surface area contributed by atoms with Crippen molar-refractivity contribution in [3.8, 4) is 0 Å². The molecule has 1 aromatic rings. The molecular weight excluding hydrogens is 396 g/mol. The number of ketones is 2. The number of rotatable bonds is 3. The van der Waals surface area contributed by atoms with Gasteiger partial charge in [-0.15, -0.1) is 0 Å². The molecule has 0 spiro atoms. The third-order valence-electron chi connectivity index (χ3n) is 1.42. The Morgan fingerprint density at radius 2 is 1.33 bits per heavy atom. The topological polar surface area (TPSA) is 88.6 Å². The Morgan fingerprint density at radius 1 is 1.00 bits per heavy atom. The molecule has 0 saturated heterocycles. The minimum atomic E-state index is 0. The molecule has 0 saturated carbocycles. The molecule has 0 atom stereocenters. The third-order valence-corrected chi connectivity index (χ3v) is 1.42. The molecular formula is C14H29Cl2NbO4+12. The minimum Gasteiger partial charge on any atom is -0.446 e. The van der Waals surface area contributed by atoms with E-state index in [4.69, 9.17) is 15.0 Å². The third kappa shape index (κ3) is 25.0. The van der Waals surface area contributed by atoms with Crippen molar-refractivity contribution in [3.63, 3.8) is 0 Å². The second-order valence-corrected chi connectivity index (χ2v) is 3.24. The molecule has 21 heavy (non-hydrogen) atoms. The largest absolute Gasteiger partial charge is 5.00 e. The van der Waals surface area contributed by atoms with Crippen LogP contribution in [0.5, 0.6) is 0 Å². The minimum absolute atomic E-state index is 0. The van der Waals surface area contributed by atoms with Crippen LogP contribution in [0.15, 0.2) is 30.3 Å². The predicted octanol–water partition coefficient (Wildman–Crippen LogP) is -0.263. The summed E-state index contributed by atoms with van der Waals surface area (Å²) in [5.74, 6) is 0.173. The summed E-state index contributed by atoms with van der Waals surface area (Å²) in [6, 6.07) is 9.06. The Kier molecular flexibility index (Phi) is 38.3. The van der Waals surface area contributed by atoms with Crippen LogP contribution < -0.4 is 0 Å². The van der Waals surface area contributed by atoms with Crippen molar-refractivity contribution in [3.05, 3.63) is 42.3 Å². The molecule has 1 rings (SSSR count). The summed E-state index contributed by atoms with van der Waals surface area (Å²) in [6.45, 7) is 6.10. The van der Waals surface area contributed by atoms with Gasteiger partial charge >= 0.3 is 33.9 Å². The van der Waals surface area contributed by atoms with Crippen molar-refractivity contribution in [2.45, 2.75) is 20.8 Å². The smallest absolute Gasteiger partial charge is 0.446 e. The first kappa shape index (κ1) is 32.6. The van der Waals surface area contributed by atoms with Gasteiger partial charge in [0.1, 0.15) is 13.2 Å². The quantitative estimate of drug-likeness (QED) is 0.210. The van der Waals surface area contributed by atoms with E-state index in [1.54, 1.807) is 26.0 Å². The van der Waals surface area contributed by atoms with Gasteiger partial charge in [-0.1, -0.05) is 6.07 Å². The molecule has 116 valence electrons. The van der Waals surface area contributed by atoms with Crippen LogP contribution in [0.4, 0.5) is 0 Å². The summed E-state index contributed by atoms with van der Waals surface area (Å²) in [6.07, 6.45) is 1.31. The van der Waals surface area contributed by atoms with Crippen molar-refractivity contribution < 1.29 is 67.0 Å². The van der Waals surface area contributed by atoms with Gasteiger partial charge in [0.05, 0.1) is 31.7 Å². The Morgan fingerprint density at radius 3 is 1.62 bits per heavy atom. The van der Waals surface area contributed by atoms with Crippen molar-refractivity contribution in [2.75, 3.05) is 13.2 Å². The van der Waals surface area contributed by atoms with Crippen molar-refractivity contribution in [1.29, 1.82) is 0 Å². The molecule has 0 heterocycles. The molecule has 1 aromatic carbocycles. The first-order chi connectivity index (χ1) is 8.53. The molecule has 0 radical (unpaired) electrons. The standard InChI is InChI=1S/C10H9O2.2C2H6O.2ClH2.Nb/c1-8(11)7-10(12)9-5-3-2-4-6-9;2*1-2-3;;;/h2-7H,1H3;2*3H,2H2,1H3;2*1H2;/q+1;;;2*+1;+5/p+4. The SMILES string of the molecule is CC(=[OH+])[CH+]C(=[OH+])c1ccccc1.CC[OH2+].CC[OH2+].[ClH2+].[ClH2+].[Nb+5]. The van der Waals surface area contributed by atoms with E-state index in [1.807, 2.05) is 18.2 Å². The summed E-state index contributed by atoms with van der Waals surface area (Å²) in [7, 11) is 0. The summed E-state index contributed by atoms with van der Waals surface area (Å²) in [5, 5.41) is 12.4. The van der Waals surface area contributed by atoms with E-state index >= 15 is 0 Å². The monoisotopic (exact) mass is 424 g/mol. The second-order valence-electron chi connectivity index (χ2n) is 3.24. The van der Waals surface area contributed by atoms with Gasteiger partial charge in [-0.05, 0) is 12.1 Å². The van der Waals surface area contributed by atoms with E-state index in [1.165, 1.54) is 13.3 Å². The molecule has 0 aliphatic heterocycles. The van der Waals surface area contributed by atoms with Crippen LogP contribution in [0, 0.1) is 31.2 Å². The molecule has 4 nitrogen and oxygen atoms in total. The Labute approximate surface area is 154 Å². The van der Waals surface area contributed by atoms with Gasteiger partial charge in [0.15, 0.2) is 0 Å². The Balaban J connectivity index is -0.0000000830. The zero-order valence-electron chi connectivity index (χ0n) is 12.6. The predicted molar refractivity (Wildman–Crippen MR) is 83.3 cm³/mol. The normalized spacial score (nSPS) is 6.90. The van der Waals surface area contributed by atoms with Gasteiger partial charge in [-0.2, -0.15) is 0 Å². The molecule has 0 amide bonds. The van der Waals surface area contributed by atoms with E-state index in [0.29, 0.717) is 18.8 Å². The molecule has 0 unspecified atom stereocenters. The fraction of sp³-hybridized carbons (Fsp3) is 0.357. The number of hydrogen-bond acceptors (Lipinski definition) is 0. The Hall–Kier alpha value is -0.330. The average Bonchev–Trinajstić information content (AvgIpc) is 2.31. The fourth-order valence-corrected chi connectivity index (χ4v) is 0.890. The fourth-order valence-electron chi connectivity index (χ4n) is 0.890. The first-order valence-electron chi connectivity index (χ1n) is 5.81. The van der Waals surface area contributed by atoms with E-state index in [2.05, 4.69) is 0 Å². The van der Waals surface area contributed by atoms with Crippen LogP contribution in [-0.4, -0.2) is 44.6 Å². The van der Waals surface area contributed by atoms with Crippen LogP contribution >= 0.6 is 0 Å². The Bertz CT molecular complexity index is 333. The van der Waals surface area contributed by atoms with Gasteiger partial charge in [-0.3, -0.25) is 4.79 Å². The van der Waals surface area contributed by atoms with Crippen molar-refractivity contribution >= 4 is 11.6 Å². The summed E-state index contributed by atoms with van der Waals surface area (Å²) >= 11 is 0. The van der Waals surface area contributed by atoms with Gasteiger partial charge in [0.2, 0.25) is 5.56 Å². The van der Waals surface area contributed by atoms with E-state index in [0.717, 1.165) is 0 Å². The van der Waals surface area contributed by atoms with E-state index in [-0.39, 0.29) is 58.8 Å². The first-order valence-corrected chi connectivity index (χ1v) is 5.81. The van der Waals surface area contributed by atoms with Crippen LogP contribution in [0.25, 0.3) is 0 Å². The van der Waals surface area contributed by atoms with E-state index < -0.39 is 0 Å². The van der Waals surface area contributed by atoms with Crippen LogP contribution in [0.2, 0.25) is 0 Å². The number of benzene rings is 1. The summed E-state index contributed by atoms with van der Waals surface area (Å²) < 4.78 is 0. The summed E-state index contributed by atoms with van der Waals surface area (Å²) in [5.41, 5.74) is 0.700. The molecule has 0 fully saturated rings. The summed E-state index contributed by atoms with van der Waals surface area (Å²) in [4.78, 5) is 18.2. The van der Waals surface area contributed by atoms with Crippen LogP contribution in [-0.2, 0) is 22.4 Å². The molecule has 0 aromatic heterocycles. The molecule has 0 aliphatic carbocycles. The number of carbonyl (C=O) groups excluding carboxylic acids is 2. The molecule has 7 heteroatoms. The maximum atomic E-state index is 9.37. The second kappa shape index (κ2) is 24.7. The van der Waals surface area contributed by atoms with Gasteiger partial charge in [0, 0.05) is 26.0 Å². The van der Waals surface area contributed by atoms with Gasteiger partial charge < -0.3 is 10.2 Å². The van der Waals surface area contributed by atoms with E-state index in [9.17, 15) is 4.79 Å². The maximum Gasteiger partial charge on any atom is 5.00 e. The van der Waals surface area contributed by atoms with Gasteiger partial charge in [-0.25, -0.2) is 4.79 Å². The number of halogens is 2.